The Hall–Kier alpha value is -1.26. The molecule has 0 spiro atoms. The van der Waals surface area contributed by atoms with Crippen molar-refractivity contribution in [2.45, 2.75) is 6.61 Å². The van der Waals surface area contributed by atoms with Crippen LogP contribution < -0.4 is 0 Å². The molecule has 2 rings (SSSR count). The van der Waals surface area contributed by atoms with Crippen molar-refractivity contribution in [2.24, 2.45) is 0 Å². The second-order valence-corrected chi connectivity index (χ2v) is 3.97. The van der Waals surface area contributed by atoms with Gasteiger partial charge in [0.05, 0.1) is 6.61 Å². The Morgan fingerprint density at radius 1 is 1.20 bits per heavy atom. The van der Waals surface area contributed by atoms with Gasteiger partial charge in [-0.25, -0.2) is 8.78 Å². The predicted molar refractivity (Wildman–Crippen MR) is 55.6 cm³/mol. The average Bonchev–Trinajstić information content (AvgIpc) is 2.71. The number of hydrogen-bond donors (Lipinski definition) is 1. The summed E-state index contributed by atoms with van der Waals surface area (Å²) in [5.74, 6) is -1.39. The highest BCUT2D eigenvalue weighted by atomic mass is 32.1. The highest BCUT2D eigenvalue weighted by Crippen LogP contribution is 2.29. The maximum atomic E-state index is 13.7. The molecule has 1 aromatic carbocycles. The Morgan fingerprint density at radius 2 is 2.00 bits per heavy atom. The Labute approximate surface area is 89.6 Å². The summed E-state index contributed by atoms with van der Waals surface area (Å²) in [4.78, 5) is 0.724. The fourth-order valence-electron chi connectivity index (χ4n) is 1.36. The lowest BCUT2D eigenvalue weighted by Crippen LogP contribution is -1.97. The first kappa shape index (κ1) is 10.3. The van der Waals surface area contributed by atoms with E-state index in [-0.39, 0.29) is 5.56 Å². The van der Waals surface area contributed by atoms with Gasteiger partial charge in [-0.05, 0) is 23.6 Å². The largest absolute Gasteiger partial charge is 0.391 e. The fourth-order valence-corrected chi connectivity index (χ4v) is 2.11. The van der Waals surface area contributed by atoms with Crippen LogP contribution in [-0.4, -0.2) is 5.11 Å². The third kappa shape index (κ3) is 1.78. The first-order valence-electron chi connectivity index (χ1n) is 4.35. The van der Waals surface area contributed by atoms with Crippen LogP contribution in [0.25, 0.3) is 10.4 Å². The van der Waals surface area contributed by atoms with Crippen LogP contribution in [0.5, 0.6) is 0 Å². The molecule has 0 amide bonds. The van der Waals surface area contributed by atoms with Crippen LogP contribution in [0.3, 0.4) is 0 Å². The lowest BCUT2D eigenvalue weighted by Gasteiger charge is -2.05. The Balaban J connectivity index is 2.60. The lowest BCUT2D eigenvalue weighted by molar-refractivity contribution is 0.269. The van der Waals surface area contributed by atoms with Crippen molar-refractivity contribution in [3.63, 3.8) is 0 Å². The SMILES string of the molecule is OCc1c(F)ccc(-c2cccs2)c1F. The molecule has 0 unspecified atom stereocenters. The highest BCUT2D eigenvalue weighted by molar-refractivity contribution is 7.13. The van der Waals surface area contributed by atoms with E-state index in [1.54, 1.807) is 12.1 Å². The number of aliphatic hydroxyl groups is 1. The first-order chi connectivity index (χ1) is 7.24. The molecule has 0 saturated carbocycles. The second-order valence-electron chi connectivity index (χ2n) is 3.02. The molecular weight excluding hydrogens is 218 g/mol. The van der Waals surface area contributed by atoms with Crippen molar-refractivity contribution in [3.05, 3.63) is 46.8 Å². The summed E-state index contributed by atoms with van der Waals surface area (Å²) in [6, 6.07) is 6.10. The van der Waals surface area contributed by atoms with Gasteiger partial charge in [-0.2, -0.15) is 0 Å². The van der Waals surface area contributed by atoms with E-state index >= 15 is 0 Å². The molecule has 1 heterocycles. The van der Waals surface area contributed by atoms with Crippen LogP contribution in [0.4, 0.5) is 8.78 Å². The van der Waals surface area contributed by atoms with Gasteiger partial charge in [-0.1, -0.05) is 6.07 Å². The summed E-state index contributed by atoms with van der Waals surface area (Å²) < 4.78 is 26.8. The third-order valence-electron chi connectivity index (χ3n) is 2.13. The molecule has 0 radical (unpaired) electrons. The summed E-state index contributed by atoms with van der Waals surface area (Å²) in [5, 5.41) is 10.7. The second kappa shape index (κ2) is 4.08. The summed E-state index contributed by atoms with van der Waals surface area (Å²) >= 11 is 1.37. The minimum Gasteiger partial charge on any atom is -0.391 e. The van der Waals surface area contributed by atoms with E-state index in [1.807, 2.05) is 5.38 Å². The smallest absolute Gasteiger partial charge is 0.140 e. The zero-order chi connectivity index (χ0) is 10.8. The van der Waals surface area contributed by atoms with Crippen LogP contribution in [0.15, 0.2) is 29.6 Å². The van der Waals surface area contributed by atoms with Crippen LogP contribution in [0.1, 0.15) is 5.56 Å². The molecule has 0 aliphatic carbocycles. The minimum atomic E-state index is -0.713. The zero-order valence-corrected chi connectivity index (χ0v) is 8.52. The van der Waals surface area contributed by atoms with E-state index in [0.29, 0.717) is 5.56 Å². The molecule has 15 heavy (non-hydrogen) atoms. The third-order valence-corrected chi connectivity index (χ3v) is 3.03. The van der Waals surface area contributed by atoms with Gasteiger partial charge in [0.1, 0.15) is 11.6 Å². The first-order valence-corrected chi connectivity index (χ1v) is 5.23. The number of rotatable bonds is 2. The van der Waals surface area contributed by atoms with Crippen molar-refractivity contribution in [1.82, 2.24) is 0 Å². The van der Waals surface area contributed by atoms with E-state index in [2.05, 4.69) is 0 Å². The molecule has 0 bridgehead atoms. The van der Waals surface area contributed by atoms with Gasteiger partial charge in [-0.3, -0.25) is 0 Å². The maximum absolute atomic E-state index is 13.7. The molecule has 1 nitrogen and oxygen atoms in total. The van der Waals surface area contributed by atoms with Crippen molar-refractivity contribution >= 4 is 11.3 Å². The van der Waals surface area contributed by atoms with Crippen LogP contribution in [-0.2, 0) is 6.61 Å². The number of thiophene rings is 1. The van der Waals surface area contributed by atoms with Crippen molar-refractivity contribution < 1.29 is 13.9 Å². The molecule has 78 valence electrons. The number of benzene rings is 1. The molecule has 2 aromatic rings. The molecule has 4 heteroatoms. The van der Waals surface area contributed by atoms with E-state index in [0.717, 1.165) is 4.88 Å². The zero-order valence-electron chi connectivity index (χ0n) is 7.71. The van der Waals surface area contributed by atoms with Gasteiger partial charge >= 0.3 is 0 Å². The van der Waals surface area contributed by atoms with E-state index in [4.69, 9.17) is 5.11 Å². The fraction of sp³-hybridized carbons (Fsp3) is 0.0909. The minimum absolute atomic E-state index is 0.277. The van der Waals surface area contributed by atoms with Gasteiger partial charge in [0.2, 0.25) is 0 Å². The number of halogens is 2. The van der Waals surface area contributed by atoms with E-state index in [1.165, 1.54) is 23.5 Å². The van der Waals surface area contributed by atoms with E-state index < -0.39 is 18.2 Å². The van der Waals surface area contributed by atoms with Crippen molar-refractivity contribution in [3.8, 4) is 10.4 Å². The predicted octanol–water partition coefficient (Wildman–Crippen LogP) is 3.19. The van der Waals surface area contributed by atoms with Crippen LogP contribution in [0.2, 0.25) is 0 Å². The average molecular weight is 226 g/mol. The summed E-state index contributed by atoms with van der Waals surface area (Å²) in [7, 11) is 0. The van der Waals surface area contributed by atoms with Gasteiger partial charge in [0, 0.05) is 16.0 Å². The number of hydrogen-bond acceptors (Lipinski definition) is 2. The molecular formula is C11H8F2OS. The van der Waals surface area contributed by atoms with Crippen LogP contribution >= 0.6 is 11.3 Å². The van der Waals surface area contributed by atoms with Crippen LogP contribution in [0, 0.1) is 11.6 Å². The molecule has 0 atom stereocenters. The summed E-state index contributed by atoms with van der Waals surface area (Å²) in [5.41, 5.74) is 0.0522. The van der Waals surface area contributed by atoms with Crippen molar-refractivity contribution in [2.75, 3.05) is 0 Å². The number of aliphatic hydroxyl groups excluding tert-OH is 1. The van der Waals surface area contributed by atoms with E-state index in [9.17, 15) is 8.78 Å². The van der Waals surface area contributed by atoms with Gasteiger partial charge in [0.25, 0.3) is 0 Å². The van der Waals surface area contributed by atoms with Gasteiger partial charge < -0.3 is 5.11 Å². The molecule has 0 aliphatic rings. The lowest BCUT2D eigenvalue weighted by atomic mass is 10.1. The molecule has 1 aromatic heterocycles. The quantitative estimate of drug-likeness (QED) is 0.833. The molecule has 1 N–H and O–H groups in total. The van der Waals surface area contributed by atoms with Gasteiger partial charge in [0.15, 0.2) is 0 Å². The standard InChI is InChI=1S/C11H8F2OS/c12-9-4-3-7(10-2-1-5-15-10)11(13)8(9)6-14/h1-5,14H,6H2. The summed E-state index contributed by atoms with van der Waals surface area (Å²) in [6.07, 6.45) is 0. The molecule has 0 saturated heterocycles. The Morgan fingerprint density at radius 3 is 2.60 bits per heavy atom. The molecule has 0 fully saturated rings. The Kier molecular flexibility index (Phi) is 2.79. The maximum Gasteiger partial charge on any atom is 0.140 e. The molecule has 0 aliphatic heterocycles. The highest BCUT2D eigenvalue weighted by Gasteiger charge is 2.14. The topological polar surface area (TPSA) is 20.2 Å². The van der Waals surface area contributed by atoms with Crippen molar-refractivity contribution in [1.29, 1.82) is 0 Å². The normalized spacial score (nSPS) is 10.6. The summed E-state index contributed by atoms with van der Waals surface area (Å²) in [6.45, 7) is -0.628. The Bertz CT molecular complexity index is 466. The van der Waals surface area contributed by atoms with Gasteiger partial charge in [-0.15, -0.1) is 11.3 Å². The monoisotopic (exact) mass is 226 g/mol.